The van der Waals surface area contributed by atoms with Crippen molar-refractivity contribution >= 4 is 11.4 Å². The lowest BCUT2D eigenvalue weighted by atomic mass is 9.75. The van der Waals surface area contributed by atoms with Crippen molar-refractivity contribution in [3.8, 4) is 0 Å². The summed E-state index contributed by atoms with van der Waals surface area (Å²) in [5, 5.41) is 0. The van der Waals surface area contributed by atoms with Crippen molar-refractivity contribution < 1.29 is 17.7 Å². The number of fused-ring (bicyclic) bond motifs is 3. The van der Waals surface area contributed by atoms with Gasteiger partial charge in [-0.05, 0) is 52.6 Å². The van der Waals surface area contributed by atoms with Gasteiger partial charge in [0.05, 0.1) is 0 Å². The highest BCUT2D eigenvalue weighted by Crippen LogP contribution is 2.37. The van der Waals surface area contributed by atoms with Crippen LogP contribution in [0, 0.1) is 11.8 Å². The van der Waals surface area contributed by atoms with Gasteiger partial charge >= 0.3 is 0 Å². The van der Waals surface area contributed by atoms with Gasteiger partial charge in [-0.15, -0.1) is 4.72 Å². The molecule has 0 spiro atoms. The monoisotopic (exact) mass is 326 g/mol. The Morgan fingerprint density at radius 3 is 2.14 bits per heavy atom. The number of alkyl halides is 3. The van der Waals surface area contributed by atoms with Crippen LogP contribution in [0.1, 0.15) is 33.6 Å². The molecule has 124 valence electrons. The number of piperidine rings is 3. The molecular formula is C14H25F3N2OS. The van der Waals surface area contributed by atoms with E-state index in [0.717, 1.165) is 25.9 Å². The van der Waals surface area contributed by atoms with E-state index < -0.39 is 34.7 Å². The van der Waals surface area contributed by atoms with Crippen molar-refractivity contribution in [2.45, 2.75) is 57.0 Å². The largest absolute Gasteiger partial charge is 0.598 e. The van der Waals surface area contributed by atoms with Crippen LogP contribution in [-0.2, 0) is 11.4 Å². The molecule has 0 radical (unpaired) electrons. The van der Waals surface area contributed by atoms with Gasteiger partial charge in [0.2, 0.25) is 0 Å². The molecule has 21 heavy (non-hydrogen) atoms. The highest BCUT2D eigenvalue weighted by Gasteiger charge is 2.46. The number of halogens is 3. The van der Waals surface area contributed by atoms with Gasteiger partial charge in [0, 0.05) is 23.8 Å². The minimum absolute atomic E-state index is 0.177. The van der Waals surface area contributed by atoms with Crippen molar-refractivity contribution in [2.75, 3.05) is 19.6 Å². The highest BCUT2D eigenvalue weighted by molar-refractivity contribution is 7.90. The smallest absolute Gasteiger partial charge is 0.260 e. The van der Waals surface area contributed by atoms with Crippen LogP contribution in [0.2, 0.25) is 0 Å². The first-order chi connectivity index (χ1) is 9.70. The van der Waals surface area contributed by atoms with Crippen molar-refractivity contribution in [3.63, 3.8) is 0 Å². The lowest BCUT2D eigenvalue weighted by Crippen LogP contribution is -2.58. The summed E-state index contributed by atoms with van der Waals surface area (Å²) in [6, 6.07) is -1.66. The maximum absolute atomic E-state index is 14.7. The van der Waals surface area contributed by atoms with Gasteiger partial charge in [0.1, 0.15) is 17.0 Å². The summed E-state index contributed by atoms with van der Waals surface area (Å²) in [5.41, 5.74) is 0. The van der Waals surface area contributed by atoms with E-state index >= 15 is 0 Å². The minimum Gasteiger partial charge on any atom is -0.598 e. The van der Waals surface area contributed by atoms with Gasteiger partial charge in [0.15, 0.2) is 0 Å². The van der Waals surface area contributed by atoms with E-state index in [1.165, 1.54) is 0 Å². The number of hydrogen-bond donors (Lipinski definition) is 1. The molecule has 0 aliphatic carbocycles. The van der Waals surface area contributed by atoms with Gasteiger partial charge in [-0.2, -0.15) is 0 Å². The van der Waals surface area contributed by atoms with Crippen LogP contribution in [0.4, 0.5) is 13.2 Å². The normalized spacial score (nSPS) is 34.0. The van der Waals surface area contributed by atoms with Crippen LogP contribution in [0.3, 0.4) is 0 Å². The zero-order valence-corrected chi connectivity index (χ0v) is 13.6. The Morgan fingerprint density at radius 2 is 1.76 bits per heavy atom. The van der Waals surface area contributed by atoms with Crippen LogP contribution < -0.4 is 4.72 Å². The van der Waals surface area contributed by atoms with Crippen LogP contribution in [0.25, 0.3) is 0 Å². The maximum Gasteiger partial charge on any atom is 0.260 e. The third kappa shape index (κ3) is 4.06. The van der Waals surface area contributed by atoms with E-state index in [1.54, 1.807) is 20.8 Å². The lowest BCUT2D eigenvalue weighted by Gasteiger charge is -2.47. The zero-order chi connectivity index (χ0) is 15.8. The van der Waals surface area contributed by atoms with Crippen molar-refractivity contribution in [3.05, 3.63) is 0 Å². The Kier molecular flexibility index (Phi) is 5.50. The average molecular weight is 326 g/mol. The van der Waals surface area contributed by atoms with Crippen LogP contribution >= 0.6 is 0 Å². The van der Waals surface area contributed by atoms with E-state index in [0.29, 0.717) is 6.54 Å². The molecule has 0 amide bonds. The Bertz CT molecular complexity index is 346. The Balaban J connectivity index is 2.04. The van der Waals surface area contributed by atoms with Crippen molar-refractivity contribution in [1.29, 1.82) is 0 Å². The predicted octanol–water partition coefficient (Wildman–Crippen LogP) is 2.35. The predicted molar refractivity (Wildman–Crippen MR) is 78.4 cm³/mol. The molecule has 2 bridgehead atoms. The van der Waals surface area contributed by atoms with E-state index in [9.17, 15) is 17.7 Å². The molecule has 0 aromatic heterocycles. The molecule has 3 saturated heterocycles. The molecule has 3 aliphatic heterocycles. The van der Waals surface area contributed by atoms with Crippen LogP contribution in [0.15, 0.2) is 0 Å². The molecular weight excluding hydrogens is 301 g/mol. The SMILES string of the molecule is CC(C)(C)[S+]([O-])NC(C(F)F)C(F)C1CN2CCC1CC2. The topological polar surface area (TPSA) is 38.3 Å². The second kappa shape index (κ2) is 6.64. The molecule has 0 aromatic carbocycles. The summed E-state index contributed by atoms with van der Waals surface area (Å²) in [6.07, 6.45) is -2.77. The average Bonchev–Trinajstić information content (AvgIpc) is 2.43. The third-order valence-corrected chi connectivity index (χ3v) is 6.13. The first-order valence-electron chi connectivity index (χ1n) is 7.53. The standard InChI is InChI=1S/C14H25F3N2OS/c1-14(2,3)21(20)18-12(13(16)17)11(15)10-8-19-6-4-9(10)5-7-19/h9-13,18H,4-8H2,1-3H3. The summed E-state index contributed by atoms with van der Waals surface area (Å²) in [5.74, 6) is -0.202. The fraction of sp³-hybridized carbons (Fsp3) is 1.00. The van der Waals surface area contributed by atoms with Crippen molar-refractivity contribution in [2.24, 2.45) is 11.8 Å². The second-order valence-corrected chi connectivity index (χ2v) is 9.10. The fourth-order valence-electron chi connectivity index (χ4n) is 3.19. The molecule has 4 unspecified atom stereocenters. The van der Waals surface area contributed by atoms with Gasteiger partial charge in [-0.25, -0.2) is 13.2 Å². The lowest BCUT2D eigenvalue weighted by molar-refractivity contribution is -0.0292. The minimum atomic E-state index is -2.86. The van der Waals surface area contributed by atoms with Gasteiger partial charge < -0.3 is 9.45 Å². The summed E-state index contributed by atoms with van der Waals surface area (Å²) < 4.78 is 54.9. The first-order valence-corrected chi connectivity index (χ1v) is 8.67. The summed E-state index contributed by atoms with van der Waals surface area (Å²) >= 11 is -1.70. The second-order valence-electron chi connectivity index (χ2n) is 7.11. The van der Waals surface area contributed by atoms with E-state index in [4.69, 9.17) is 0 Å². The maximum atomic E-state index is 14.7. The van der Waals surface area contributed by atoms with E-state index in [-0.39, 0.29) is 11.8 Å². The molecule has 3 fully saturated rings. The van der Waals surface area contributed by atoms with Gasteiger partial charge in [-0.3, -0.25) is 0 Å². The molecule has 3 heterocycles. The fourth-order valence-corrected chi connectivity index (χ4v) is 4.03. The highest BCUT2D eigenvalue weighted by atomic mass is 32.2. The number of nitrogens with one attached hydrogen (secondary N) is 1. The Morgan fingerprint density at radius 1 is 1.19 bits per heavy atom. The van der Waals surface area contributed by atoms with Crippen LogP contribution in [0.5, 0.6) is 0 Å². The number of hydrogen-bond acceptors (Lipinski definition) is 3. The van der Waals surface area contributed by atoms with Gasteiger partial charge in [0.25, 0.3) is 6.43 Å². The van der Waals surface area contributed by atoms with Crippen LogP contribution in [-0.4, -0.2) is 52.5 Å². The molecule has 0 aromatic rings. The first kappa shape index (κ1) is 17.4. The Hall–Kier alpha value is 0.0200. The third-order valence-electron chi connectivity index (χ3n) is 4.53. The number of nitrogens with zero attached hydrogens (tertiary/aromatic N) is 1. The molecule has 3 nitrogen and oxygen atoms in total. The Labute approximate surface area is 128 Å². The zero-order valence-electron chi connectivity index (χ0n) is 12.8. The van der Waals surface area contributed by atoms with Gasteiger partial charge in [-0.1, -0.05) is 0 Å². The van der Waals surface area contributed by atoms with Crippen molar-refractivity contribution in [1.82, 2.24) is 9.62 Å². The molecule has 3 rings (SSSR count). The quantitative estimate of drug-likeness (QED) is 0.788. The summed E-state index contributed by atoms with van der Waals surface area (Å²) in [7, 11) is 0. The van der Waals surface area contributed by atoms with E-state index in [1.807, 2.05) is 0 Å². The number of rotatable bonds is 5. The molecule has 4 atom stereocenters. The molecule has 7 heteroatoms. The van der Waals surface area contributed by atoms with E-state index in [2.05, 4.69) is 9.62 Å². The molecule has 1 N–H and O–H groups in total. The molecule has 3 aliphatic rings. The summed E-state index contributed by atoms with van der Waals surface area (Å²) in [4.78, 5) is 2.14. The summed E-state index contributed by atoms with van der Waals surface area (Å²) in [6.45, 7) is 7.46. The molecule has 0 saturated carbocycles.